The highest BCUT2D eigenvalue weighted by Gasteiger charge is 2.41. The minimum atomic E-state index is -4.73. The molecule has 0 amide bonds. The largest absolute Gasteiger partial charge is 0.309 e. The lowest BCUT2D eigenvalue weighted by Crippen LogP contribution is -2.74. The number of aromatic nitrogens is 2. The van der Waals surface area contributed by atoms with Gasteiger partial charge < -0.3 is 9.13 Å². The summed E-state index contributed by atoms with van der Waals surface area (Å²) in [5, 5.41) is 2.11. The van der Waals surface area contributed by atoms with E-state index < -0.39 is 146 Å². The molecular formula is C60H40N2SSi. The molecule has 0 aliphatic heterocycles. The molecule has 300 valence electrons. The lowest BCUT2D eigenvalue weighted by Gasteiger charge is -2.34. The van der Waals surface area contributed by atoms with Crippen LogP contribution in [-0.4, -0.2) is 17.2 Å². The summed E-state index contributed by atoms with van der Waals surface area (Å²) in [6, 6.07) is 19.7. The molecule has 0 N–H and O–H groups in total. The van der Waals surface area contributed by atoms with Gasteiger partial charge in [-0.2, -0.15) is 0 Å². The van der Waals surface area contributed by atoms with Crippen LogP contribution in [0.25, 0.3) is 86.3 Å². The summed E-state index contributed by atoms with van der Waals surface area (Å²) in [6.45, 7) is 0. The van der Waals surface area contributed by atoms with Gasteiger partial charge in [0.2, 0.25) is 0 Å². The molecule has 13 aromatic rings. The van der Waals surface area contributed by atoms with E-state index in [9.17, 15) is 13.7 Å². The predicted molar refractivity (Wildman–Crippen MR) is 277 cm³/mol. The lowest BCUT2D eigenvalue weighted by atomic mass is 10.1. The maximum Gasteiger partial charge on any atom is 0.179 e. The Bertz CT molecular complexity index is 4950. The van der Waals surface area contributed by atoms with Crippen molar-refractivity contribution in [3.05, 3.63) is 242 Å². The Labute approximate surface area is 405 Å². The normalized spacial score (nSPS) is 16.7. The van der Waals surface area contributed by atoms with Gasteiger partial charge in [-0.15, -0.1) is 11.3 Å². The molecule has 0 unspecified atom stereocenters. The summed E-state index contributed by atoms with van der Waals surface area (Å²) in [7, 11) is -4.73. The van der Waals surface area contributed by atoms with Crippen molar-refractivity contribution >= 4 is 104 Å². The molecule has 0 saturated heterocycles. The van der Waals surface area contributed by atoms with Crippen molar-refractivity contribution < 1.29 is 28.8 Å². The van der Waals surface area contributed by atoms with E-state index in [4.69, 9.17) is 15.1 Å². The molecule has 0 atom stereocenters. The van der Waals surface area contributed by atoms with Gasteiger partial charge in [-0.1, -0.05) is 200 Å². The number of nitrogens with zero attached hydrogens (tertiary/aromatic N) is 2. The van der Waals surface area contributed by atoms with Crippen molar-refractivity contribution in [3.63, 3.8) is 0 Å². The van der Waals surface area contributed by atoms with Gasteiger partial charge in [0.05, 0.1) is 61.2 Å². The molecule has 0 bridgehead atoms. The minimum Gasteiger partial charge on any atom is -0.309 e. The first-order valence-corrected chi connectivity index (χ1v) is 23.1. The van der Waals surface area contributed by atoms with Crippen LogP contribution in [0, 0.1) is 0 Å². The molecule has 0 saturated carbocycles. The molecule has 3 heterocycles. The van der Waals surface area contributed by atoms with Crippen molar-refractivity contribution in [1.29, 1.82) is 0 Å². The van der Waals surface area contributed by atoms with E-state index in [0.717, 1.165) is 4.70 Å². The zero-order valence-electron chi connectivity index (χ0n) is 54.3. The average Bonchev–Trinajstić information content (AvgIpc) is 1.71. The molecule has 10 aromatic carbocycles. The number of benzene rings is 10. The Balaban J connectivity index is 1.18. The third-order valence-electron chi connectivity index (χ3n) is 11.9. The number of hydrogen-bond donors (Lipinski definition) is 0. The quantitative estimate of drug-likeness (QED) is 0.112. The Hall–Kier alpha value is -7.76. The molecule has 0 radical (unpaired) electrons. The molecule has 2 nitrogen and oxygen atoms in total. The fraction of sp³-hybridized carbons (Fsp3) is 0. The highest BCUT2D eigenvalue weighted by atomic mass is 32.1. The van der Waals surface area contributed by atoms with Crippen LogP contribution < -0.4 is 20.7 Å². The summed E-state index contributed by atoms with van der Waals surface area (Å²) < 4.78 is 200. The molecule has 3 aromatic heterocycles. The molecule has 0 aliphatic carbocycles. The van der Waals surface area contributed by atoms with Gasteiger partial charge in [-0.25, -0.2) is 0 Å². The van der Waals surface area contributed by atoms with E-state index >= 15 is 0 Å². The van der Waals surface area contributed by atoms with Gasteiger partial charge in [0.15, 0.2) is 8.07 Å². The van der Waals surface area contributed by atoms with Crippen LogP contribution in [0.4, 0.5) is 0 Å². The van der Waals surface area contributed by atoms with E-state index in [0.29, 0.717) is 47.7 Å². The second-order valence-corrected chi connectivity index (χ2v) is 19.9. The number of hydrogen-bond acceptors (Lipinski definition) is 1. The van der Waals surface area contributed by atoms with Gasteiger partial charge in [0.25, 0.3) is 0 Å². The SMILES string of the molecule is [2H]c1c([2H])c([2H])c(-c2c([2H])c([2H])c([Si](c3ccccc3)(c3ccccc3)c3c([2H])c([2H])c(-n4c5ccccc5c5cc(-n6c7c([2H])c([2H])c([2H])c([2H])c7c7c([2H])c([2H])c([2H])c([2H])c76)c6sc7ccccc7c6c54)c([2H])c3[2H])c([2H])c2[2H])c([2H])c1[2H]. The smallest absolute Gasteiger partial charge is 0.179 e. The molecule has 0 aliphatic rings. The van der Waals surface area contributed by atoms with Crippen molar-refractivity contribution in [1.82, 2.24) is 9.13 Å². The summed E-state index contributed by atoms with van der Waals surface area (Å²) in [5.74, 6) is 0. The van der Waals surface area contributed by atoms with Gasteiger partial charge in [-0.05, 0) is 74.2 Å². The lowest BCUT2D eigenvalue weighted by molar-refractivity contribution is 1.18. The van der Waals surface area contributed by atoms with Crippen LogP contribution in [0.5, 0.6) is 0 Å². The van der Waals surface area contributed by atoms with E-state index in [1.54, 1.807) is 95.6 Å². The Kier molecular flexibility index (Phi) is 4.94. The fourth-order valence-corrected chi connectivity index (χ4v) is 14.6. The minimum absolute atomic E-state index is 0.0973. The highest BCUT2D eigenvalue weighted by molar-refractivity contribution is 7.26. The third-order valence-corrected chi connectivity index (χ3v) is 17.5. The van der Waals surface area contributed by atoms with Gasteiger partial charge in [0, 0.05) is 42.7 Å². The average molecular weight is 870 g/mol. The van der Waals surface area contributed by atoms with Crippen LogP contribution in [-0.2, 0) is 0 Å². The first kappa shape index (κ1) is 21.5. The first-order valence-electron chi connectivity index (χ1n) is 30.8. The molecule has 0 spiro atoms. The van der Waals surface area contributed by atoms with Crippen molar-refractivity contribution in [2.45, 2.75) is 0 Å². The fourth-order valence-electron chi connectivity index (χ4n) is 9.23. The zero-order valence-corrected chi connectivity index (χ0v) is 35.1. The van der Waals surface area contributed by atoms with Crippen LogP contribution in [0.3, 0.4) is 0 Å². The Morgan fingerprint density at radius 1 is 0.391 bits per heavy atom. The predicted octanol–water partition coefficient (Wildman–Crippen LogP) is 13.3. The van der Waals surface area contributed by atoms with Gasteiger partial charge in [0.1, 0.15) is 0 Å². The van der Waals surface area contributed by atoms with Crippen LogP contribution >= 0.6 is 11.3 Å². The summed E-state index contributed by atoms with van der Waals surface area (Å²) >= 11 is 1.29. The second kappa shape index (κ2) is 14.7. The number of para-hydroxylation sites is 3. The number of rotatable bonds is 7. The van der Waals surface area contributed by atoms with Gasteiger partial charge >= 0.3 is 0 Å². The van der Waals surface area contributed by atoms with Crippen molar-refractivity contribution in [2.75, 3.05) is 0 Å². The number of thiophene rings is 1. The summed E-state index contributed by atoms with van der Waals surface area (Å²) in [6.07, 6.45) is 0. The monoisotopic (exact) mass is 869 g/mol. The van der Waals surface area contributed by atoms with E-state index in [1.165, 1.54) is 15.9 Å². The molecular weight excluding hydrogens is 809 g/mol. The molecule has 13 rings (SSSR count). The molecule has 0 fully saturated rings. The van der Waals surface area contributed by atoms with E-state index in [2.05, 4.69) is 0 Å². The standard InChI is InChI=1S/C60H40N2SSi/c1-4-18-41(19-5-1)42-32-36-46(37-33-42)64(44-20-6-2-7-21-44,45-22-8-3-9-23-45)47-38-34-43(35-39-47)61-53-28-14-12-26-50(53)52-40-56(60-58(59(52)61)51-27-13-17-31-57(51)63-60)62-54-29-15-10-24-48(54)49-25-11-16-30-55(49)62/h1-40H/i1D,4D,5D,10D,11D,15D,16D,18D,19D,24D,25D,29D,30D,32D,33D,34D,35D,36D,37D,38D,39D. The second-order valence-electron chi connectivity index (χ2n) is 15.2. The summed E-state index contributed by atoms with van der Waals surface area (Å²) in [5.41, 5.74) is -0.443. The zero-order chi connectivity index (χ0) is 60.5. The Morgan fingerprint density at radius 3 is 1.58 bits per heavy atom. The first-order chi connectivity index (χ1) is 40.5. The topological polar surface area (TPSA) is 9.86 Å². The van der Waals surface area contributed by atoms with E-state index in [-0.39, 0.29) is 43.6 Å². The molecule has 4 heteroatoms. The van der Waals surface area contributed by atoms with E-state index in [1.807, 2.05) is 24.3 Å². The Morgan fingerprint density at radius 2 is 0.922 bits per heavy atom. The van der Waals surface area contributed by atoms with Crippen LogP contribution in [0.1, 0.15) is 28.8 Å². The highest BCUT2D eigenvalue weighted by Crippen LogP contribution is 2.47. The van der Waals surface area contributed by atoms with Gasteiger partial charge in [-0.3, -0.25) is 0 Å². The van der Waals surface area contributed by atoms with Crippen LogP contribution in [0.2, 0.25) is 0 Å². The maximum absolute atomic E-state index is 10.4. The maximum atomic E-state index is 10.4. The van der Waals surface area contributed by atoms with Crippen LogP contribution in [0.15, 0.2) is 242 Å². The van der Waals surface area contributed by atoms with Crippen molar-refractivity contribution in [2.24, 2.45) is 0 Å². The number of fused-ring (bicyclic) bond motifs is 10. The summed E-state index contributed by atoms with van der Waals surface area (Å²) in [4.78, 5) is 0. The van der Waals surface area contributed by atoms with Crippen molar-refractivity contribution in [3.8, 4) is 22.5 Å². The molecule has 64 heavy (non-hydrogen) atoms. The third kappa shape index (κ3) is 5.43.